The summed E-state index contributed by atoms with van der Waals surface area (Å²) in [6.45, 7) is 4.88. The van der Waals surface area contributed by atoms with Crippen LogP contribution in [-0.2, 0) is 21.1 Å². The third kappa shape index (κ3) is 3.16. The first-order valence-electron chi connectivity index (χ1n) is 5.43. The quantitative estimate of drug-likeness (QED) is 0.825. The normalized spacial score (nSPS) is 12.5. The van der Waals surface area contributed by atoms with Crippen molar-refractivity contribution in [2.75, 3.05) is 6.26 Å². The Bertz CT molecular complexity index is 510. The van der Waals surface area contributed by atoms with Crippen LogP contribution >= 0.6 is 0 Å². The highest BCUT2D eigenvalue weighted by Gasteiger charge is 2.37. The minimum absolute atomic E-state index is 0.153. The second-order valence-corrected chi connectivity index (χ2v) is 7.43. The third-order valence-electron chi connectivity index (χ3n) is 3.08. The van der Waals surface area contributed by atoms with Gasteiger partial charge in [-0.05, 0) is 26.3 Å². The molecule has 1 aromatic carbocycles. The Balaban J connectivity index is 2.90. The number of hydrogen-bond donors (Lipinski definition) is 0. The lowest BCUT2D eigenvalue weighted by Crippen LogP contribution is -2.40. The molecule has 0 aromatic heterocycles. The van der Waals surface area contributed by atoms with Crippen molar-refractivity contribution in [2.24, 2.45) is 0 Å². The van der Waals surface area contributed by atoms with E-state index in [9.17, 15) is 13.2 Å². The van der Waals surface area contributed by atoms with Crippen LogP contribution in [0.15, 0.2) is 24.3 Å². The molecule has 0 atom stereocenters. The molecule has 0 N–H and O–H groups in total. The van der Waals surface area contributed by atoms with Crippen LogP contribution in [-0.4, -0.2) is 25.2 Å². The van der Waals surface area contributed by atoms with Gasteiger partial charge in [-0.15, -0.1) is 0 Å². The zero-order valence-corrected chi connectivity index (χ0v) is 11.5. The molecule has 0 unspecified atom stereocenters. The van der Waals surface area contributed by atoms with E-state index in [2.05, 4.69) is 0 Å². The van der Waals surface area contributed by atoms with Gasteiger partial charge in [0.2, 0.25) is 0 Å². The number of Topliss-reactive ketones (excluding diaryl/α,β-unsaturated/α-hetero) is 1. The first-order chi connectivity index (χ1) is 7.64. The number of carbonyl (C=O) groups excluding carboxylic acids is 1. The molecule has 3 nitrogen and oxygen atoms in total. The number of sulfone groups is 1. The lowest BCUT2D eigenvalue weighted by molar-refractivity contribution is -0.120. The van der Waals surface area contributed by atoms with Gasteiger partial charge in [0, 0.05) is 12.7 Å². The predicted octanol–water partition coefficient (Wildman–Crippen LogP) is 1.93. The molecule has 0 saturated carbocycles. The molecule has 0 heterocycles. The summed E-state index contributed by atoms with van der Waals surface area (Å²) >= 11 is 0. The molecule has 0 spiro atoms. The van der Waals surface area contributed by atoms with Crippen LogP contribution in [0.1, 0.15) is 25.0 Å². The van der Waals surface area contributed by atoms with Crippen LogP contribution in [0.4, 0.5) is 0 Å². The van der Waals surface area contributed by atoms with E-state index in [0.717, 1.165) is 17.4 Å². The van der Waals surface area contributed by atoms with Crippen LogP contribution in [0.5, 0.6) is 0 Å². The van der Waals surface area contributed by atoms with Crippen LogP contribution < -0.4 is 0 Å². The fraction of sp³-hybridized carbons (Fsp3) is 0.462. The Morgan fingerprint density at radius 2 is 1.65 bits per heavy atom. The lowest BCUT2D eigenvalue weighted by Gasteiger charge is -2.20. The highest BCUT2D eigenvalue weighted by Crippen LogP contribution is 2.19. The fourth-order valence-electron chi connectivity index (χ4n) is 1.31. The van der Waals surface area contributed by atoms with Crippen molar-refractivity contribution in [3.8, 4) is 0 Å². The second-order valence-electron chi connectivity index (χ2n) is 4.87. The van der Waals surface area contributed by atoms with E-state index in [1.807, 2.05) is 31.2 Å². The SMILES string of the molecule is Cc1ccc(CC(=O)C(C)(C)S(C)(=O)=O)cc1. The molecular weight excluding hydrogens is 236 g/mol. The second kappa shape index (κ2) is 4.61. The molecule has 0 aliphatic heterocycles. The topological polar surface area (TPSA) is 51.2 Å². The molecule has 4 heteroatoms. The number of carbonyl (C=O) groups is 1. The van der Waals surface area contributed by atoms with Crippen LogP contribution in [0.3, 0.4) is 0 Å². The predicted molar refractivity (Wildman–Crippen MR) is 68.8 cm³/mol. The van der Waals surface area contributed by atoms with Crippen molar-refractivity contribution < 1.29 is 13.2 Å². The van der Waals surface area contributed by atoms with E-state index < -0.39 is 14.6 Å². The van der Waals surface area contributed by atoms with Crippen molar-refractivity contribution in [3.05, 3.63) is 35.4 Å². The summed E-state index contributed by atoms with van der Waals surface area (Å²) in [7, 11) is -3.38. The Morgan fingerprint density at radius 1 is 1.18 bits per heavy atom. The summed E-state index contributed by atoms with van der Waals surface area (Å²) in [5, 5.41) is 0. The largest absolute Gasteiger partial charge is 0.298 e. The zero-order valence-electron chi connectivity index (χ0n) is 10.6. The maximum Gasteiger partial charge on any atom is 0.159 e. The average molecular weight is 254 g/mol. The number of rotatable bonds is 4. The van der Waals surface area contributed by atoms with Crippen molar-refractivity contribution in [1.29, 1.82) is 0 Å². The molecule has 1 rings (SSSR count). The summed E-state index contributed by atoms with van der Waals surface area (Å²) in [5.74, 6) is -0.274. The van der Waals surface area contributed by atoms with Gasteiger partial charge in [0.25, 0.3) is 0 Å². The molecule has 0 aliphatic carbocycles. The minimum Gasteiger partial charge on any atom is -0.298 e. The Labute approximate surface area is 103 Å². The van der Waals surface area contributed by atoms with Gasteiger partial charge in [0.1, 0.15) is 4.75 Å². The summed E-state index contributed by atoms with van der Waals surface area (Å²) in [4.78, 5) is 12.0. The highest BCUT2D eigenvalue weighted by atomic mass is 32.2. The van der Waals surface area contributed by atoms with E-state index in [-0.39, 0.29) is 12.2 Å². The molecule has 0 amide bonds. The van der Waals surface area contributed by atoms with Crippen LogP contribution in [0, 0.1) is 6.92 Å². The molecular formula is C13H18O3S. The molecule has 0 bridgehead atoms. The summed E-state index contributed by atoms with van der Waals surface area (Å²) in [5.41, 5.74) is 1.96. The van der Waals surface area contributed by atoms with E-state index in [4.69, 9.17) is 0 Å². The summed E-state index contributed by atoms with van der Waals surface area (Å²) in [6.07, 6.45) is 1.25. The van der Waals surface area contributed by atoms with Crippen molar-refractivity contribution >= 4 is 15.6 Å². The van der Waals surface area contributed by atoms with Gasteiger partial charge >= 0.3 is 0 Å². The number of benzene rings is 1. The van der Waals surface area contributed by atoms with E-state index >= 15 is 0 Å². The van der Waals surface area contributed by atoms with Gasteiger partial charge in [0.05, 0.1) is 0 Å². The Kier molecular flexibility index (Phi) is 3.77. The minimum atomic E-state index is -3.38. The van der Waals surface area contributed by atoms with Crippen molar-refractivity contribution in [3.63, 3.8) is 0 Å². The zero-order chi connectivity index (χ0) is 13.3. The number of hydrogen-bond acceptors (Lipinski definition) is 3. The summed E-state index contributed by atoms with van der Waals surface area (Å²) < 4.78 is 21.7. The molecule has 0 fully saturated rings. The average Bonchev–Trinajstić information content (AvgIpc) is 2.19. The van der Waals surface area contributed by atoms with Gasteiger partial charge in [-0.1, -0.05) is 29.8 Å². The van der Waals surface area contributed by atoms with Gasteiger partial charge < -0.3 is 0 Å². The fourth-order valence-corrected chi connectivity index (χ4v) is 1.80. The van der Waals surface area contributed by atoms with Gasteiger partial charge in [-0.25, -0.2) is 8.42 Å². The Morgan fingerprint density at radius 3 is 2.06 bits per heavy atom. The Hall–Kier alpha value is -1.16. The smallest absolute Gasteiger partial charge is 0.159 e. The van der Waals surface area contributed by atoms with E-state index in [1.165, 1.54) is 13.8 Å². The molecule has 1 aromatic rings. The van der Waals surface area contributed by atoms with Gasteiger partial charge in [-0.2, -0.15) is 0 Å². The first kappa shape index (κ1) is 13.9. The maximum atomic E-state index is 12.0. The number of aryl methyl sites for hydroxylation is 1. The highest BCUT2D eigenvalue weighted by molar-refractivity contribution is 7.92. The van der Waals surface area contributed by atoms with Crippen molar-refractivity contribution in [2.45, 2.75) is 31.9 Å². The molecule has 0 saturated heterocycles. The molecule has 94 valence electrons. The molecule has 0 aliphatic rings. The van der Waals surface area contributed by atoms with E-state index in [1.54, 1.807) is 0 Å². The first-order valence-corrected chi connectivity index (χ1v) is 7.32. The lowest BCUT2D eigenvalue weighted by atomic mass is 10.00. The molecule has 17 heavy (non-hydrogen) atoms. The monoisotopic (exact) mass is 254 g/mol. The van der Waals surface area contributed by atoms with Crippen LogP contribution in [0.2, 0.25) is 0 Å². The van der Waals surface area contributed by atoms with Crippen molar-refractivity contribution in [1.82, 2.24) is 0 Å². The number of ketones is 1. The molecule has 0 radical (unpaired) electrons. The maximum absolute atomic E-state index is 12.0. The van der Waals surface area contributed by atoms with Gasteiger partial charge in [0.15, 0.2) is 15.6 Å². The standard InChI is InChI=1S/C13H18O3S/c1-10-5-7-11(8-6-10)9-12(14)13(2,3)17(4,15)16/h5-8H,9H2,1-4H3. The summed E-state index contributed by atoms with van der Waals surface area (Å²) in [6, 6.07) is 7.53. The van der Waals surface area contributed by atoms with E-state index in [0.29, 0.717) is 0 Å². The third-order valence-corrected chi connectivity index (χ3v) is 5.17. The van der Waals surface area contributed by atoms with Gasteiger partial charge in [-0.3, -0.25) is 4.79 Å². The van der Waals surface area contributed by atoms with Crippen LogP contribution in [0.25, 0.3) is 0 Å².